The molecule has 1 aromatic carbocycles. The highest BCUT2D eigenvalue weighted by atomic mass is 16.5. The Morgan fingerprint density at radius 2 is 1.83 bits per heavy atom. The van der Waals surface area contributed by atoms with Gasteiger partial charge in [-0.15, -0.1) is 0 Å². The molecule has 1 saturated heterocycles. The van der Waals surface area contributed by atoms with Gasteiger partial charge in [0.05, 0.1) is 6.61 Å². The minimum atomic E-state index is 0.309. The maximum absolute atomic E-state index is 6.37. The number of hydrogen-bond acceptors (Lipinski definition) is 3. The zero-order valence-electron chi connectivity index (χ0n) is 14.5. The zero-order valence-corrected chi connectivity index (χ0v) is 14.5. The molecule has 3 rings (SSSR count). The highest BCUT2D eigenvalue weighted by molar-refractivity contribution is 5.30. The fourth-order valence-electron chi connectivity index (χ4n) is 4.36. The van der Waals surface area contributed by atoms with E-state index in [-0.39, 0.29) is 0 Å². The fourth-order valence-corrected chi connectivity index (χ4v) is 4.36. The topological polar surface area (TPSA) is 38.5 Å². The Balaban J connectivity index is 1.60. The van der Waals surface area contributed by atoms with Gasteiger partial charge in [-0.25, -0.2) is 0 Å². The Morgan fingerprint density at radius 3 is 2.52 bits per heavy atom. The molecule has 2 atom stereocenters. The van der Waals surface area contributed by atoms with Crippen LogP contribution in [-0.2, 0) is 0 Å². The molecule has 2 unspecified atom stereocenters. The van der Waals surface area contributed by atoms with E-state index >= 15 is 0 Å². The molecule has 2 N–H and O–H groups in total. The Labute approximate surface area is 141 Å². The summed E-state index contributed by atoms with van der Waals surface area (Å²) < 4.78 is 5.56. The van der Waals surface area contributed by atoms with E-state index in [1.54, 1.807) is 0 Å². The maximum atomic E-state index is 6.37. The van der Waals surface area contributed by atoms with Crippen LogP contribution in [0.3, 0.4) is 0 Å². The molecule has 0 amide bonds. The maximum Gasteiger partial charge on any atom is 0.119 e. The van der Waals surface area contributed by atoms with Crippen LogP contribution >= 0.6 is 0 Å². The molecule has 3 nitrogen and oxygen atoms in total. The molecule has 0 bridgehead atoms. The summed E-state index contributed by atoms with van der Waals surface area (Å²) in [5.41, 5.74) is 7.78. The highest BCUT2D eigenvalue weighted by Gasteiger charge is 2.28. The first-order chi connectivity index (χ1) is 11.2. The summed E-state index contributed by atoms with van der Waals surface area (Å²) in [4.78, 5) is 2.63. The minimum Gasteiger partial charge on any atom is -0.494 e. The normalized spacial score (nSPS) is 27.0. The number of likely N-dealkylation sites (tertiary alicyclic amines) is 1. The second-order valence-electron chi connectivity index (χ2n) is 7.42. The lowest BCUT2D eigenvalue weighted by Gasteiger charge is -2.39. The summed E-state index contributed by atoms with van der Waals surface area (Å²) in [5.74, 6) is 2.43. The summed E-state index contributed by atoms with van der Waals surface area (Å²) in [7, 11) is 0. The summed E-state index contributed by atoms with van der Waals surface area (Å²) in [6.45, 7) is 6.24. The Morgan fingerprint density at radius 1 is 1.09 bits per heavy atom. The van der Waals surface area contributed by atoms with Gasteiger partial charge in [0.2, 0.25) is 0 Å². The lowest BCUT2D eigenvalue weighted by Crippen LogP contribution is -2.47. The molecule has 1 aliphatic carbocycles. The van der Waals surface area contributed by atoms with Crippen molar-refractivity contribution in [3.63, 3.8) is 0 Å². The van der Waals surface area contributed by atoms with Crippen molar-refractivity contribution in [2.24, 2.45) is 11.7 Å². The molecule has 0 spiro atoms. The van der Waals surface area contributed by atoms with Crippen LogP contribution in [0.25, 0.3) is 0 Å². The second-order valence-corrected chi connectivity index (χ2v) is 7.42. The van der Waals surface area contributed by atoms with Crippen LogP contribution < -0.4 is 10.5 Å². The van der Waals surface area contributed by atoms with E-state index in [1.807, 2.05) is 6.92 Å². The van der Waals surface area contributed by atoms with Crippen molar-refractivity contribution in [2.45, 2.75) is 57.4 Å². The third kappa shape index (κ3) is 4.71. The lowest BCUT2D eigenvalue weighted by atomic mass is 9.85. The Kier molecular flexibility index (Phi) is 5.96. The van der Waals surface area contributed by atoms with Gasteiger partial charge in [-0.05, 0) is 55.7 Å². The summed E-state index contributed by atoms with van der Waals surface area (Å²) in [6.07, 6.45) is 8.22. The smallest absolute Gasteiger partial charge is 0.119 e. The van der Waals surface area contributed by atoms with Gasteiger partial charge in [-0.2, -0.15) is 0 Å². The average molecular weight is 316 g/mol. The van der Waals surface area contributed by atoms with Crippen molar-refractivity contribution < 1.29 is 4.74 Å². The van der Waals surface area contributed by atoms with Crippen molar-refractivity contribution in [1.82, 2.24) is 4.90 Å². The standard InChI is InChI=1S/C20H32N2O/c1-2-23-20-10-8-17(9-11-20)18-12-19(21)15-22(14-18)13-16-6-4-3-5-7-16/h8-11,16,18-19H,2-7,12-15,21H2,1H3. The van der Waals surface area contributed by atoms with Crippen LogP contribution in [0.15, 0.2) is 24.3 Å². The van der Waals surface area contributed by atoms with Gasteiger partial charge in [0.1, 0.15) is 5.75 Å². The Hall–Kier alpha value is -1.06. The predicted octanol–water partition coefficient (Wildman–Crippen LogP) is 3.78. The molecule has 1 aliphatic heterocycles. The van der Waals surface area contributed by atoms with Crippen LogP contribution in [0.4, 0.5) is 0 Å². The summed E-state index contributed by atoms with van der Waals surface area (Å²) in [5, 5.41) is 0. The van der Waals surface area contributed by atoms with Crippen LogP contribution in [0.1, 0.15) is 56.9 Å². The van der Waals surface area contributed by atoms with Gasteiger partial charge in [0.25, 0.3) is 0 Å². The molecular weight excluding hydrogens is 284 g/mol. The minimum absolute atomic E-state index is 0.309. The quantitative estimate of drug-likeness (QED) is 0.898. The molecule has 1 saturated carbocycles. The van der Waals surface area contributed by atoms with Crippen molar-refractivity contribution in [3.05, 3.63) is 29.8 Å². The van der Waals surface area contributed by atoms with Crippen molar-refractivity contribution in [3.8, 4) is 5.75 Å². The van der Waals surface area contributed by atoms with Gasteiger partial charge >= 0.3 is 0 Å². The zero-order chi connectivity index (χ0) is 16.1. The summed E-state index contributed by atoms with van der Waals surface area (Å²) >= 11 is 0. The number of hydrogen-bond donors (Lipinski definition) is 1. The predicted molar refractivity (Wildman–Crippen MR) is 96.0 cm³/mol. The molecular formula is C20H32N2O. The molecule has 128 valence electrons. The monoisotopic (exact) mass is 316 g/mol. The van der Waals surface area contributed by atoms with Crippen LogP contribution in [-0.4, -0.2) is 37.2 Å². The first-order valence-corrected chi connectivity index (χ1v) is 9.45. The molecule has 0 radical (unpaired) electrons. The van der Waals surface area contributed by atoms with Crippen molar-refractivity contribution in [2.75, 3.05) is 26.2 Å². The Bertz CT molecular complexity index is 467. The van der Waals surface area contributed by atoms with Crippen molar-refractivity contribution >= 4 is 0 Å². The van der Waals surface area contributed by atoms with Crippen LogP contribution in [0.2, 0.25) is 0 Å². The molecule has 23 heavy (non-hydrogen) atoms. The number of nitrogens with zero attached hydrogens (tertiary/aromatic N) is 1. The van der Waals surface area contributed by atoms with Gasteiger partial charge in [0.15, 0.2) is 0 Å². The van der Waals surface area contributed by atoms with E-state index < -0.39 is 0 Å². The molecule has 2 aliphatic rings. The van der Waals surface area contributed by atoms with E-state index in [4.69, 9.17) is 10.5 Å². The molecule has 1 aromatic rings. The average Bonchev–Trinajstić information content (AvgIpc) is 2.56. The van der Waals surface area contributed by atoms with Crippen LogP contribution in [0, 0.1) is 5.92 Å². The molecule has 1 heterocycles. The number of ether oxygens (including phenoxy) is 1. The van der Waals surface area contributed by atoms with Gasteiger partial charge in [0, 0.05) is 25.7 Å². The summed E-state index contributed by atoms with van der Waals surface area (Å²) in [6, 6.07) is 8.97. The van der Waals surface area contributed by atoms with E-state index in [0.717, 1.165) is 37.8 Å². The first kappa shape index (κ1) is 16.8. The van der Waals surface area contributed by atoms with E-state index in [9.17, 15) is 0 Å². The van der Waals surface area contributed by atoms with Gasteiger partial charge < -0.3 is 15.4 Å². The third-order valence-electron chi connectivity index (χ3n) is 5.46. The van der Waals surface area contributed by atoms with Crippen LogP contribution in [0.5, 0.6) is 5.75 Å². The largest absolute Gasteiger partial charge is 0.494 e. The SMILES string of the molecule is CCOc1ccc(C2CC(N)CN(CC3CCCCC3)C2)cc1. The molecule has 2 fully saturated rings. The van der Waals surface area contributed by atoms with Gasteiger partial charge in [-0.3, -0.25) is 0 Å². The van der Waals surface area contributed by atoms with E-state index in [2.05, 4.69) is 29.2 Å². The van der Waals surface area contributed by atoms with Gasteiger partial charge in [-0.1, -0.05) is 31.4 Å². The number of nitrogens with two attached hydrogens (primary N) is 1. The number of benzene rings is 1. The third-order valence-corrected chi connectivity index (χ3v) is 5.46. The van der Waals surface area contributed by atoms with E-state index in [1.165, 1.54) is 44.2 Å². The number of rotatable bonds is 5. The lowest BCUT2D eigenvalue weighted by molar-refractivity contribution is 0.147. The second kappa shape index (κ2) is 8.16. The van der Waals surface area contributed by atoms with E-state index in [0.29, 0.717) is 12.0 Å². The fraction of sp³-hybridized carbons (Fsp3) is 0.700. The molecule has 0 aromatic heterocycles. The first-order valence-electron chi connectivity index (χ1n) is 9.45. The number of piperidine rings is 1. The highest BCUT2D eigenvalue weighted by Crippen LogP contribution is 2.30. The van der Waals surface area contributed by atoms with Crippen molar-refractivity contribution in [1.29, 1.82) is 0 Å². The molecule has 3 heteroatoms.